The molecule has 1 aromatic heterocycles. The van der Waals surface area contributed by atoms with Crippen molar-refractivity contribution in [2.45, 2.75) is 12.3 Å². The number of phenolic OH excluding ortho intramolecular Hbond substituents is 2. The van der Waals surface area contributed by atoms with Crippen LogP contribution in [0.5, 0.6) is 23.0 Å². The number of ether oxygens (including phenoxy) is 2. The summed E-state index contributed by atoms with van der Waals surface area (Å²) < 4.78 is 17.5. The van der Waals surface area contributed by atoms with E-state index in [1.54, 1.807) is 12.1 Å². The molecule has 0 saturated heterocycles. The van der Waals surface area contributed by atoms with Gasteiger partial charge in [0.25, 0.3) is 0 Å². The fourth-order valence-corrected chi connectivity index (χ4v) is 4.58. The molecule has 4 aromatic rings. The third kappa shape index (κ3) is 3.21. The van der Waals surface area contributed by atoms with Gasteiger partial charge in [0, 0.05) is 34.7 Å². The van der Waals surface area contributed by atoms with Gasteiger partial charge in [-0.25, -0.2) is 0 Å². The summed E-state index contributed by atoms with van der Waals surface area (Å²) in [5.41, 5.74) is 2.54. The molecule has 0 spiro atoms. The highest BCUT2D eigenvalue weighted by molar-refractivity contribution is 5.93. The molecule has 0 unspecified atom stereocenters. The Kier molecular flexibility index (Phi) is 4.45. The summed E-state index contributed by atoms with van der Waals surface area (Å²) in [5.74, 6) is 0.00329. The van der Waals surface area contributed by atoms with Gasteiger partial charge in [-0.3, -0.25) is 9.59 Å². The minimum absolute atomic E-state index is 0.0157. The molecule has 0 bridgehead atoms. The lowest BCUT2D eigenvalue weighted by molar-refractivity contribution is -0.135. The molecule has 7 nitrogen and oxygen atoms in total. The van der Waals surface area contributed by atoms with Crippen LogP contribution in [-0.4, -0.2) is 22.8 Å². The molecule has 168 valence electrons. The van der Waals surface area contributed by atoms with Crippen molar-refractivity contribution in [1.29, 1.82) is 0 Å². The third-order valence-electron chi connectivity index (χ3n) is 6.18. The summed E-state index contributed by atoms with van der Waals surface area (Å²) in [6.45, 7) is 0.263. The molecule has 0 amide bonds. The monoisotopic (exact) mass is 454 g/mol. The molecular formula is C27H18O7. The predicted molar refractivity (Wildman–Crippen MR) is 124 cm³/mol. The van der Waals surface area contributed by atoms with Crippen molar-refractivity contribution in [2.24, 2.45) is 0 Å². The highest BCUT2D eigenvalue weighted by Gasteiger charge is 2.35. The van der Waals surface area contributed by atoms with Crippen LogP contribution in [0.15, 0.2) is 75.4 Å². The quantitative estimate of drug-likeness (QED) is 0.333. The van der Waals surface area contributed by atoms with E-state index in [0.717, 1.165) is 16.9 Å². The van der Waals surface area contributed by atoms with Gasteiger partial charge in [-0.05, 0) is 42.0 Å². The summed E-state index contributed by atoms with van der Waals surface area (Å²) in [6.07, 6.45) is 2.02. The number of fused-ring (bicyclic) bond motifs is 4. The molecule has 3 aromatic carbocycles. The Bertz CT molecular complexity index is 1560. The highest BCUT2D eigenvalue weighted by atomic mass is 16.5. The second kappa shape index (κ2) is 7.52. The second-order valence-corrected chi connectivity index (χ2v) is 8.31. The van der Waals surface area contributed by atoms with Gasteiger partial charge in [-0.2, -0.15) is 0 Å². The first-order chi connectivity index (χ1) is 16.5. The van der Waals surface area contributed by atoms with E-state index in [-0.39, 0.29) is 47.0 Å². The average Bonchev–Trinajstić information content (AvgIpc) is 2.83. The van der Waals surface area contributed by atoms with Crippen molar-refractivity contribution in [3.05, 3.63) is 87.6 Å². The maximum atomic E-state index is 13.0. The molecule has 7 heteroatoms. The van der Waals surface area contributed by atoms with Crippen molar-refractivity contribution in [2.75, 3.05) is 6.61 Å². The van der Waals surface area contributed by atoms with E-state index in [9.17, 15) is 19.8 Å². The Balaban J connectivity index is 1.60. The van der Waals surface area contributed by atoms with E-state index >= 15 is 0 Å². The number of hydrogen-bond donors (Lipinski definition) is 2. The molecule has 0 fully saturated rings. The van der Waals surface area contributed by atoms with Crippen LogP contribution in [0.3, 0.4) is 0 Å². The zero-order valence-electron chi connectivity index (χ0n) is 17.8. The van der Waals surface area contributed by atoms with Crippen LogP contribution in [-0.2, 0) is 4.79 Å². The van der Waals surface area contributed by atoms with Crippen LogP contribution in [0.4, 0.5) is 0 Å². The SMILES string of the molecule is O=C1C[C@H](C2=Cc3ccccc3OC2)c2c(cc(O)c3c(=O)cc(-c4ccc(O)cc4)oc23)O1. The number of para-hydroxylation sites is 1. The lowest BCUT2D eigenvalue weighted by atomic mass is 9.83. The summed E-state index contributed by atoms with van der Waals surface area (Å²) in [5, 5.41) is 20.2. The van der Waals surface area contributed by atoms with Gasteiger partial charge in [-0.15, -0.1) is 0 Å². The number of rotatable bonds is 2. The largest absolute Gasteiger partial charge is 0.508 e. The van der Waals surface area contributed by atoms with Gasteiger partial charge >= 0.3 is 5.97 Å². The molecule has 34 heavy (non-hydrogen) atoms. The molecule has 2 aliphatic rings. The Labute approximate surface area is 193 Å². The van der Waals surface area contributed by atoms with E-state index in [2.05, 4.69) is 0 Å². The molecule has 0 saturated carbocycles. The number of carbonyl (C=O) groups excluding carboxylic acids is 1. The Morgan fingerprint density at radius 1 is 0.912 bits per heavy atom. The zero-order chi connectivity index (χ0) is 23.4. The first kappa shape index (κ1) is 20.1. The maximum Gasteiger partial charge on any atom is 0.312 e. The lowest BCUT2D eigenvalue weighted by Gasteiger charge is -2.29. The first-order valence-corrected chi connectivity index (χ1v) is 10.7. The van der Waals surface area contributed by atoms with Gasteiger partial charge in [0.05, 0.1) is 6.42 Å². The minimum atomic E-state index is -0.467. The molecule has 1 atom stereocenters. The smallest absolute Gasteiger partial charge is 0.312 e. The third-order valence-corrected chi connectivity index (χ3v) is 6.18. The summed E-state index contributed by atoms with van der Waals surface area (Å²) >= 11 is 0. The molecule has 2 aliphatic heterocycles. The van der Waals surface area contributed by atoms with Crippen LogP contribution in [0.1, 0.15) is 23.5 Å². The Hall–Kier alpha value is -4.52. The number of carbonyl (C=O) groups is 1. The molecular weight excluding hydrogens is 436 g/mol. The van der Waals surface area contributed by atoms with Crippen molar-refractivity contribution in [3.8, 4) is 34.3 Å². The van der Waals surface area contributed by atoms with Crippen LogP contribution in [0, 0.1) is 0 Å². The van der Waals surface area contributed by atoms with Crippen molar-refractivity contribution in [1.82, 2.24) is 0 Å². The minimum Gasteiger partial charge on any atom is -0.508 e. The number of benzene rings is 3. The van der Waals surface area contributed by atoms with Crippen LogP contribution in [0.2, 0.25) is 0 Å². The van der Waals surface area contributed by atoms with Crippen LogP contribution < -0.4 is 14.9 Å². The summed E-state index contributed by atoms with van der Waals surface area (Å²) in [4.78, 5) is 25.5. The predicted octanol–water partition coefficient (Wildman–Crippen LogP) is 4.74. The van der Waals surface area contributed by atoms with Crippen molar-refractivity contribution in [3.63, 3.8) is 0 Å². The van der Waals surface area contributed by atoms with E-state index < -0.39 is 17.3 Å². The maximum absolute atomic E-state index is 13.0. The van der Waals surface area contributed by atoms with E-state index in [1.165, 1.54) is 24.3 Å². The van der Waals surface area contributed by atoms with E-state index in [0.29, 0.717) is 11.1 Å². The first-order valence-electron chi connectivity index (χ1n) is 10.7. The summed E-state index contributed by atoms with van der Waals surface area (Å²) in [7, 11) is 0. The summed E-state index contributed by atoms with van der Waals surface area (Å²) in [6, 6.07) is 16.4. The van der Waals surface area contributed by atoms with Gasteiger partial charge in [0.15, 0.2) is 5.43 Å². The van der Waals surface area contributed by atoms with Crippen molar-refractivity contribution < 1.29 is 28.9 Å². The van der Waals surface area contributed by atoms with Crippen molar-refractivity contribution >= 4 is 23.0 Å². The zero-order valence-corrected chi connectivity index (χ0v) is 17.8. The van der Waals surface area contributed by atoms with E-state index in [1.807, 2.05) is 30.3 Å². The van der Waals surface area contributed by atoms with Crippen LogP contribution >= 0.6 is 0 Å². The van der Waals surface area contributed by atoms with Gasteiger partial charge in [0.2, 0.25) is 0 Å². The van der Waals surface area contributed by atoms with Gasteiger partial charge in [-0.1, -0.05) is 18.2 Å². The van der Waals surface area contributed by atoms with E-state index in [4.69, 9.17) is 13.9 Å². The Morgan fingerprint density at radius 2 is 1.71 bits per heavy atom. The lowest BCUT2D eigenvalue weighted by Crippen LogP contribution is -2.25. The molecule has 2 N–H and O–H groups in total. The number of phenols is 2. The average molecular weight is 454 g/mol. The normalized spacial score (nSPS) is 16.8. The second-order valence-electron chi connectivity index (χ2n) is 8.31. The van der Waals surface area contributed by atoms with Gasteiger partial charge < -0.3 is 24.1 Å². The standard InChI is InChI=1S/C27H18O7/c28-17-7-5-14(6-8-17)22-11-19(29)26-20(30)12-23-25(27(26)34-22)18(10-24(31)33-23)16-9-15-3-1-2-4-21(15)32-13-16/h1-9,11-12,18,28,30H,10,13H2/t18-/m1/s1. The fourth-order valence-electron chi connectivity index (χ4n) is 4.58. The molecule has 0 aliphatic carbocycles. The number of esters is 1. The topological polar surface area (TPSA) is 106 Å². The Morgan fingerprint density at radius 3 is 2.53 bits per heavy atom. The van der Waals surface area contributed by atoms with Crippen LogP contribution in [0.25, 0.3) is 28.4 Å². The number of hydrogen-bond acceptors (Lipinski definition) is 7. The molecule has 6 rings (SSSR count). The highest BCUT2D eigenvalue weighted by Crippen LogP contribution is 2.47. The van der Waals surface area contributed by atoms with Gasteiger partial charge in [0.1, 0.15) is 46.3 Å². The fraction of sp³-hybridized carbons (Fsp3) is 0.111. The number of aromatic hydroxyl groups is 2. The molecule has 0 radical (unpaired) electrons. The molecule has 3 heterocycles.